The first kappa shape index (κ1) is 20.5. The number of aromatic hydroxyl groups is 1. The lowest BCUT2D eigenvalue weighted by Crippen LogP contribution is -2.22. The van der Waals surface area contributed by atoms with Crippen LogP contribution in [0, 0.1) is 20.8 Å². The number of carbonyl (C=O) groups excluding carboxylic acids is 2. The van der Waals surface area contributed by atoms with Gasteiger partial charge in [0.25, 0.3) is 5.91 Å². The van der Waals surface area contributed by atoms with Crippen LogP contribution in [-0.2, 0) is 4.79 Å². The quantitative estimate of drug-likeness (QED) is 0.532. The summed E-state index contributed by atoms with van der Waals surface area (Å²) in [5.41, 5.74) is 6.63. The first-order valence-electron chi connectivity index (χ1n) is 8.37. The minimum Gasteiger partial charge on any atom is -0.507 e. The summed E-state index contributed by atoms with van der Waals surface area (Å²) >= 11 is 5.82. The molecule has 2 aromatic carbocycles. The van der Waals surface area contributed by atoms with Crippen molar-refractivity contribution in [2.45, 2.75) is 34.1 Å². The number of hydrogen-bond acceptors (Lipinski definition) is 4. The third-order valence-electron chi connectivity index (χ3n) is 3.91. The predicted octanol–water partition coefficient (Wildman–Crippen LogP) is 4.11. The van der Waals surface area contributed by atoms with Crippen molar-refractivity contribution in [2.24, 2.45) is 5.10 Å². The molecule has 7 heteroatoms. The van der Waals surface area contributed by atoms with Crippen LogP contribution in [0.4, 0.5) is 5.69 Å². The summed E-state index contributed by atoms with van der Waals surface area (Å²) in [4.78, 5) is 24.3. The van der Waals surface area contributed by atoms with Crippen molar-refractivity contribution in [1.29, 1.82) is 0 Å². The SMILES string of the molecule is C/C(CC(=O)Nc1c(C)cc(C)cc1C)=N/NC(=O)c1cc(Cl)ccc1O. The Balaban J connectivity index is 2.00. The van der Waals surface area contributed by atoms with Gasteiger partial charge in [0.15, 0.2) is 0 Å². The lowest BCUT2D eigenvalue weighted by atomic mass is 10.0. The van der Waals surface area contributed by atoms with Crippen molar-refractivity contribution in [2.75, 3.05) is 5.32 Å². The Morgan fingerprint density at radius 3 is 2.37 bits per heavy atom. The molecule has 2 aromatic rings. The molecular weight excluding hydrogens is 366 g/mol. The van der Waals surface area contributed by atoms with Gasteiger partial charge in [-0.15, -0.1) is 0 Å². The Hall–Kier alpha value is -2.86. The molecule has 0 spiro atoms. The molecule has 3 N–H and O–H groups in total. The number of anilines is 1. The van der Waals surface area contributed by atoms with Gasteiger partial charge in [-0.3, -0.25) is 9.59 Å². The van der Waals surface area contributed by atoms with E-state index in [1.165, 1.54) is 18.2 Å². The molecule has 0 heterocycles. The standard InChI is InChI=1S/C20H22ClN3O3/c1-11-7-12(2)19(13(3)8-11)22-18(26)9-14(4)23-24-20(27)16-10-15(21)5-6-17(16)25/h5-8,10,25H,9H2,1-4H3,(H,22,26)(H,24,27)/b23-14-. The van der Waals surface area contributed by atoms with Crippen molar-refractivity contribution in [1.82, 2.24) is 5.43 Å². The topological polar surface area (TPSA) is 90.8 Å². The van der Waals surface area contributed by atoms with Gasteiger partial charge in [-0.25, -0.2) is 5.43 Å². The van der Waals surface area contributed by atoms with Gasteiger partial charge in [-0.05, 0) is 57.0 Å². The molecule has 0 aliphatic heterocycles. The Morgan fingerprint density at radius 1 is 1.11 bits per heavy atom. The highest BCUT2D eigenvalue weighted by molar-refractivity contribution is 6.31. The Morgan fingerprint density at radius 2 is 1.74 bits per heavy atom. The third kappa shape index (κ3) is 5.56. The zero-order valence-electron chi connectivity index (χ0n) is 15.7. The summed E-state index contributed by atoms with van der Waals surface area (Å²) in [7, 11) is 0. The largest absolute Gasteiger partial charge is 0.507 e. The van der Waals surface area contributed by atoms with E-state index in [1.54, 1.807) is 6.92 Å². The third-order valence-corrected chi connectivity index (χ3v) is 4.14. The molecule has 0 saturated carbocycles. The summed E-state index contributed by atoms with van der Waals surface area (Å²) in [6.07, 6.45) is 0.0224. The number of phenolic OH excluding ortho intramolecular Hbond substituents is 1. The zero-order chi connectivity index (χ0) is 20.1. The van der Waals surface area contributed by atoms with E-state index in [-0.39, 0.29) is 23.6 Å². The fourth-order valence-corrected chi connectivity index (χ4v) is 2.90. The molecule has 0 bridgehead atoms. The zero-order valence-corrected chi connectivity index (χ0v) is 16.4. The van der Waals surface area contributed by atoms with Crippen molar-refractivity contribution in [3.63, 3.8) is 0 Å². The average molecular weight is 388 g/mol. The molecule has 0 fully saturated rings. The highest BCUT2D eigenvalue weighted by Gasteiger charge is 2.12. The number of nitrogens with zero attached hydrogens (tertiary/aromatic N) is 1. The number of phenols is 1. The Kier molecular flexibility index (Phi) is 6.58. The molecule has 0 aliphatic rings. The Bertz CT molecular complexity index is 900. The van der Waals surface area contributed by atoms with Crippen LogP contribution in [0.1, 0.15) is 40.4 Å². The minimum absolute atomic E-state index is 0.00871. The number of hydrazone groups is 1. The van der Waals surface area contributed by atoms with Gasteiger partial charge < -0.3 is 10.4 Å². The van der Waals surface area contributed by atoms with Gasteiger partial charge in [-0.1, -0.05) is 29.3 Å². The van der Waals surface area contributed by atoms with Crippen molar-refractivity contribution >= 4 is 34.8 Å². The minimum atomic E-state index is -0.611. The second-order valence-corrected chi connectivity index (χ2v) is 6.88. The molecule has 0 aromatic heterocycles. The van der Waals surface area contributed by atoms with Crippen LogP contribution in [0.3, 0.4) is 0 Å². The van der Waals surface area contributed by atoms with Gasteiger partial charge in [-0.2, -0.15) is 5.10 Å². The van der Waals surface area contributed by atoms with Gasteiger partial charge in [0.2, 0.25) is 5.91 Å². The molecule has 6 nitrogen and oxygen atoms in total. The number of halogens is 1. The van der Waals surface area contributed by atoms with E-state index in [2.05, 4.69) is 15.8 Å². The molecule has 27 heavy (non-hydrogen) atoms. The highest BCUT2D eigenvalue weighted by Crippen LogP contribution is 2.22. The van der Waals surface area contributed by atoms with E-state index in [0.29, 0.717) is 10.7 Å². The van der Waals surface area contributed by atoms with Gasteiger partial charge in [0.1, 0.15) is 5.75 Å². The maximum atomic E-state index is 12.3. The number of benzene rings is 2. The number of hydrogen-bond donors (Lipinski definition) is 3. The molecule has 0 unspecified atom stereocenters. The summed E-state index contributed by atoms with van der Waals surface area (Å²) in [6.45, 7) is 7.51. The maximum Gasteiger partial charge on any atom is 0.275 e. The molecule has 0 aliphatic carbocycles. The van der Waals surface area contributed by atoms with Crippen LogP contribution < -0.4 is 10.7 Å². The van der Waals surface area contributed by atoms with Crippen LogP contribution in [0.15, 0.2) is 35.4 Å². The fourth-order valence-electron chi connectivity index (χ4n) is 2.73. The van der Waals surface area contributed by atoms with Crippen LogP contribution in [0.5, 0.6) is 5.75 Å². The molecule has 2 rings (SSSR count). The second kappa shape index (κ2) is 8.68. The first-order valence-corrected chi connectivity index (χ1v) is 8.75. The van der Waals surface area contributed by atoms with Crippen molar-refractivity contribution in [3.05, 3.63) is 57.6 Å². The second-order valence-electron chi connectivity index (χ2n) is 6.45. The van der Waals surface area contributed by atoms with E-state index >= 15 is 0 Å². The average Bonchev–Trinajstić information content (AvgIpc) is 2.58. The Labute approximate surface area is 163 Å². The molecule has 0 radical (unpaired) electrons. The highest BCUT2D eigenvalue weighted by atomic mass is 35.5. The molecule has 0 atom stereocenters. The fraction of sp³-hybridized carbons (Fsp3) is 0.250. The van der Waals surface area contributed by atoms with E-state index in [9.17, 15) is 14.7 Å². The molecule has 0 saturated heterocycles. The monoisotopic (exact) mass is 387 g/mol. The van der Waals surface area contributed by atoms with Crippen LogP contribution in [-0.4, -0.2) is 22.6 Å². The van der Waals surface area contributed by atoms with Crippen molar-refractivity contribution < 1.29 is 14.7 Å². The number of nitrogens with one attached hydrogen (secondary N) is 2. The summed E-state index contributed by atoms with van der Waals surface area (Å²) < 4.78 is 0. The first-order chi connectivity index (χ1) is 12.7. The van der Waals surface area contributed by atoms with Crippen LogP contribution >= 0.6 is 11.6 Å². The lowest BCUT2D eigenvalue weighted by molar-refractivity contribution is -0.115. The van der Waals surface area contributed by atoms with E-state index < -0.39 is 5.91 Å². The summed E-state index contributed by atoms with van der Waals surface area (Å²) in [5, 5.41) is 16.8. The number of amides is 2. The molecular formula is C20H22ClN3O3. The van der Waals surface area contributed by atoms with Gasteiger partial charge in [0, 0.05) is 16.4 Å². The lowest BCUT2D eigenvalue weighted by Gasteiger charge is -2.12. The molecule has 2 amide bonds. The number of carbonyl (C=O) groups is 2. The summed E-state index contributed by atoms with van der Waals surface area (Å²) in [5.74, 6) is -1.04. The molecule has 142 valence electrons. The predicted molar refractivity (Wildman–Crippen MR) is 108 cm³/mol. The van der Waals surface area contributed by atoms with E-state index in [1.807, 2.05) is 32.9 Å². The van der Waals surface area contributed by atoms with E-state index in [0.717, 1.165) is 22.4 Å². The van der Waals surface area contributed by atoms with Gasteiger partial charge >= 0.3 is 0 Å². The maximum absolute atomic E-state index is 12.3. The van der Waals surface area contributed by atoms with Crippen molar-refractivity contribution in [3.8, 4) is 5.75 Å². The van der Waals surface area contributed by atoms with Crippen LogP contribution in [0.25, 0.3) is 0 Å². The van der Waals surface area contributed by atoms with E-state index in [4.69, 9.17) is 11.6 Å². The van der Waals surface area contributed by atoms with Gasteiger partial charge in [0.05, 0.1) is 12.0 Å². The summed E-state index contributed by atoms with van der Waals surface area (Å²) in [6, 6.07) is 8.14. The normalized spacial score (nSPS) is 11.2. The smallest absolute Gasteiger partial charge is 0.275 e. The number of aryl methyl sites for hydroxylation is 3. The number of rotatable bonds is 5. The van der Waals surface area contributed by atoms with Crippen LogP contribution in [0.2, 0.25) is 5.02 Å².